The summed E-state index contributed by atoms with van der Waals surface area (Å²) in [7, 11) is 0. The Morgan fingerprint density at radius 3 is 2.00 bits per heavy atom. The first-order valence-corrected chi connectivity index (χ1v) is 4.38. The molecule has 0 aromatic heterocycles. The van der Waals surface area contributed by atoms with Crippen LogP contribution in [0.4, 0.5) is 4.79 Å². The topological polar surface area (TPSA) is 55.1 Å². The van der Waals surface area contributed by atoms with Crippen LogP contribution < -0.4 is 6.06 Å². The molecule has 0 aliphatic heterocycles. The molecule has 0 aliphatic rings. The standard InChI is InChI=1S/CH4N2O.Ba.BrH.H/c2-1(3)4;;;/h(H4,2,3,4);;1H;/q;+1;;/p-1. The second kappa shape index (κ2) is 6.32. The fourth-order valence-electron chi connectivity index (χ4n) is 0. The number of primary amides is 1. The molecule has 3 nitrogen and oxygen atoms in total. The Kier molecular flexibility index (Phi) is 10.9. The Balaban J connectivity index is 0. The van der Waals surface area contributed by atoms with Crippen LogP contribution in [0.5, 0.6) is 0 Å². The van der Waals surface area contributed by atoms with Crippen LogP contribution in [-0.2, 0) is 0 Å². The number of hydrogen-bond donors (Lipinski definition) is 2. The molecule has 0 saturated heterocycles. The summed E-state index contributed by atoms with van der Waals surface area (Å²) >= 11 is 0.154. The third-order valence-electron chi connectivity index (χ3n) is 0.246. The second-order valence-electron chi connectivity index (χ2n) is 0.614. The Morgan fingerprint density at radius 1 is 1.83 bits per heavy atom. The number of nitrogens with one attached hydrogen (secondary N) is 1. The predicted octanol–water partition coefficient (Wildman–Crippen LogP) is -0.952. The van der Waals surface area contributed by atoms with Crippen molar-refractivity contribution in [3.63, 3.8) is 0 Å². The number of carbonyl (C=O) groups excluding carboxylic acids is 1. The van der Waals surface area contributed by atoms with Crippen molar-refractivity contribution < 1.29 is 4.79 Å². The molecule has 0 fully saturated rings. The van der Waals surface area contributed by atoms with Crippen molar-refractivity contribution in [3.05, 3.63) is 0 Å². The first-order chi connectivity index (χ1) is 2.27. The average Bonchev–Trinajstić information content (AvgIpc) is 1.38. The summed E-state index contributed by atoms with van der Waals surface area (Å²) in [5.74, 6) is 0. The van der Waals surface area contributed by atoms with Crippen molar-refractivity contribution in [2.75, 3.05) is 0 Å². The predicted molar refractivity (Wildman–Crippen MR) is 30.2 cm³/mol. The average molecular weight is 278 g/mol. The van der Waals surface area contributed by atoms with Gasteiger partial charge in [-0.25, -0.2) is 0 Å². The van der Waals surface area contributed by atoms with Gasteiger partial charge < -0.3 is 0 Å². The third-order valence-corrected chi connectivity index (χ3v) is 1.79. The van der Waals surface area contributed by atoms with Crippen molar-refractivity contribution in [3.8, 4) is 0 Å². The number of amides is 2. The molecule has 0 aromatic carbocycles. The summed E-state index contributed by atoms with van der Waals surface area (Å²) in [6.07, 6.45) is 0. The third kappa shape index (κ3) is 9.01. The van der Waals surface area contributed by atoms with E-state index in [1.165, 1.54) is 0 Å². The number of urea groups is 1. The van der Waals surface area contributed by atoms with E-state index in [0.29, 0.717) is 0 Å². The van der Waals surface area contributed by atoms with Crippen LogP contribution in [0.3, 0.4) is 0 Å². The Labute approximate surface area is 79.4 Å². The van der Waals surface area contributed by atoms with Gasteiger partial charge in [0.05, 0.1) is 0 Å². The van der Waals surface area contributed by atoms with Crippen LogP contribution in [0.15, 0.2) is 0 Å². The summed E-state index contributed by atoms with van der Waals surface area (Å²) in [5.41, 5.74) is 4.60. The zero-order valence-corrected chi connectivity index (χ0v) is 11.4. The number of carbonyl (C=O) groups is 1. The van der Waals surface area contributed by atoms with Crippen LogP contribution >= 0.6 is 17.0 Å². The van der Waals surface area contributed by atoms with Crippen molar-refractivity contribution >= 4 is 70.0 Å². The quantitative estimate of drug-likeness (QED) is 0.552. The van der Waals surface area contributed by atoms with Gasteiger partial charge in [0, 0.05) is 0 Å². The molecule has 6 heavy (non-hydrogen) atoms. The van der Waals surface area contributed by atoms with Crippen LogP contribution in [0.2, 0.25) is 0 Å². The van der Waals surface area contributed by atoms with Gasteiger partial charge in [-0.05, 0) is 0 Å². The molecular formula is CH5BaBrN2O. The molecule has 0 aromatic rings. The molecule has 0 radical (unpaired) electrons. The number of hydrogen-bond acceptors (Lipinski definition) is 1. The number of rotatable bonds is 0. The SMILES string of the molecule is Br.NC(=O)[NH][BaH]. The van der Waals surface area contributed by atoms with Gasteiger partial charge in [0.1, 0.15) is 0 Å². The van der Waals surface area contributed by atoms with Gasteiger partial charge in [0.2, 0.25) is 0 Å². The minimum absolute atomic E-state index is 0. The summed E-state index contributed by atoms with van der Waals surface area (Å²) < 4.78 is 2.39. The molecule has 0 rings (SSSR count). The molecule has 0 bridgehead atoms. The zero-order valence-electron chi connectivity index (χ0n) is 3.39. The number of halogens is 1. The van der Waals surface area contributed by atoms with Crippen LogP contribution in [0.25, 0.3) is 0 Å². The molecule has 2 amide bonds. The molecule has 0 atom stereocenters. The monoisotopic (exact) mass is 278 g/mol. The summed E-state index contributed by atoms with van der Waals surface area (Å²) in [5, 5.41) is 0. The fraction of sp³-hybridized carbons (Fsp3) is 0. The minimum atomic E-state index is -0.397. The van der Waals surface area contributed by atoms with E-state index in [1.807, 2.05) is 0 Å². The second-order valence-corrected chi connectivity index (χ2v) is 2.18. The Morgan fingerprint density at radius 2 is 2.00 bits per heavy atom. The zero-order chi connectivity index (χ0) is 4.28. The first kappa shape index (κ1) is 10.3. The van der Waals surface area contributed by atoms with E-state index in [-0.39, 0.29) is 64.0 Å². The molecule has 0 aliphatic carbocycles. The van der Waals surface area contributed by atoms with Crippen molar-refractivity contribution in [1.82, 2.24) is 0.329 Å². The van der Waals surface area contributed by atoms with Gasteiger partial charge >= 0.3 is 63.9 Å². The van der Waals surface area contributed by atoms with E-state index in [0.717, 1.165) is 0 Å². The molecule has 0 spiro atoms. The first-order valence-electron chi connectivity index (χ1n) is 1.24. The van der Waals surface area contributed by atoms with Crippen LogP contribution in [-0.4, -0.2) is 53.0 Å². The molecule has 34 valence electrons. The maximum atomic E-state index is 9.53. The van der Waals surface area contributed by atoms with Crippen LogP contribution in [0, 0.1) is 0 Å². The molecule has 0 heterocycles. The number of nitrogens with two attached hydrogens (primary N) is 1. The Hall–Kier alpha value is 1.32. The Bertz CT molecular complexity index is 48.8. The van der Waals surface area contributed by atoms with Gasteiger partial charge in [-0.1, -0.05) is 0 Å². The normalized spacial score (nSPS) is 5.17. The summed E-state index contributed by atoms with van der Waals surface area (Å²) in [6.45, 7) is 0. The molecule has 3 N–H and O–H groups in total. The summed E-state index contributed by atoms with van der Waals surface area (Å²) in [6, 6.07) is -0.397. The fourth-order valence-corrected chi connectivity index (χ4v) is 0. The maximum absolute atomic E-state index is 9.53. The van der Waals surface area contributed by atoms with Crippen molar-refractivity contribution in [2.45, 2.75) is 0 Å². The van der Waals surface area contributed by atoms with Crippen molar-refractivity contribution in [2.24, 2.45) is 5.73 Å². The van der Waals surface area contributed by atoms with E-state index >= 15 is 0 Å². The molecule has 0 saturated carbocycles. The van der Waals surface area contributed by atoms with Gasteiger partial charge in [0.15, 0.2) is 0 Å². The van der Waals surface area contributed by atoms with Gasteiger partial charge in [-0.3, -0.25) is 0 Å². The van der Waals surface area contributed by atoms with E-state index in [2.05, 4.69) is 6.06 Å². The van der Waals surface area contributed by atoms with Crippen molar-refractivity contribution in [1.29, 1.82) is 0 Å². The molecular weight excluding hydrogens is 273 g/mol. The van der Waals surface area contributed by atoms with Gasteiger partial charge in [-0.15, -0.1) is 17.0 Å². The van der Waals surface area contributed by atoms with Gasteiger partial charge in [-0.2, -0.15) is 0 Å². The summed E-state index contributed by atoms with van der Waals surface area (Å²) in [4.78, 5) is 9.53. The molecule has 0 unspecified atom stereocenters. The van der Waals surface area contributed by atoms with E-state index < -0.39 is 6.03 Å². The van der Waals surface area contributed by atoms with E-state index in [9.17, 15) is 4.79 Å². The van der Waals surface area contributed by atoms with E-state index in [4.69, 9.17) is 0 Å². The molecule has 5 heteroatoms. The van der Waals surface area contributed by atoms with E-state index in [1.54, 1.807) is 0 Å². The van der Waals surface area contributed by atoms with Crippen LogP contribution in [0.1, 0.15) is 0 Å². The van der Waals surface area contributed by atoms with Gasteiger partial charge in [0.25, 0.3) is 0 Å².